The van der Waals surface area contributed by atoms with Crippen LogP contribution < -0.4 is 15.1 Å². The Hall–Kier alpha value is -3.41. The summed E-state index contributed by atoms with van der Waals surface area (Å²) in [6.07, 6.45) is 3.96. The van der Waals surface area contributed by atoms with Crippen LogP contribution in [-0.4, -0.2) is 42.3 Å². The molecule has 2 aromatic carbocycles. The summed E-state index contributed by atoms with van der Waals surface area (Å²) in [5.41, 5.74) is 3.55. The standard InChI is InChI=1S/C25H27N5O/c31-25(21-17-30(18-21)24-7-4-14-26-28-24)27-22-10-8-19(9-11-22)20-12-15-29(16-13-20)23-5-2-1-3-6-23/h1-11,14,20-21H,12-13,15-18H2,(H,27,31). The van der Waals surface area contributed by atoms with E-state index in [0.29, 0.717) is 19.0 Å². The van der Waals surface area contributed by atoms with E-state index in [4.69, 9.17) is 0 Å². The Morgan fingerprint density at radius 3 is 2.29 bits per heavy atom. The van der Waals surface area contributed by atoms with Crippen molar-refractivity contribution in [2.24, 2.45) is 5.92 Å². The van der Waals surface area contributed by atoms with Crippen LogP contribution in [0.4, 0.5) is 17.2 Å². The molecule has 2 saturated heterocycles. The molecule has 0 unspecified atom stereocenters. The van der Waals surface area contributed by atoms with E-state index in [1.165, 1.54) is 11.3 Å². The van der Waals surface area contributed by atoms with Gasteiger partial charge in [-0.05, 0) is 60.7 Å². The first-order chi connectivity index (χ1) is 15.3. The van der Waals surface area contributed by atoms with E-state index >= 15 is 0 Å². The maximum Gasteiger partial charge on any atom is 0.231 e. The maximum absolute atomic E-state index is 12.5. The van der Waals surface area contributed by atoms with Gasteiger partial charge in [0.15, 0.2) is 5.82 Å². The summed E-state index contributed by atoms with van der Waals surface area (Å²) in [6.45, 7) is 3.53. The Kier molecular flexibility index (Phi) is 5.52. The van der Waals surface area contributed by atoms with Crippen molar-refractivity contribution in [3.8, 4) is 0 Å². The molecule has 3 aromatic rings. The molecule has 1 aromatic heterocycles. The number of hydrogen-bond donors (Lipinski definition) is 1. The number of nitrogens with one attached hydrogen (secondary N) is 1. The molecular formula is C25H27N5O. The molecular weight excluding hydrogens is 386 g/mol. The zero-order valence-corrected chi connectivity index (χ0v) is 17.5. The molecule has 0 bridgehead atoms. The molecule has 2 fully saturated rings. The summed E-state index contributed by atoms with van der Waals surface area (Å²) in [7, 11) is 0. The van der Waals surface area contributed by atoms with Crippen LogP contribution in [0.15, 0.2) is 72.9 Å². The van der Waals surface area contributed by atoms with E-state index in [2.05, 4.69) is 67.8 Å². The van der Waals surface area contributed by atoms with Gasteiger partial charge in [0.1, 0.15) is 0 Å². The SMILES string of the molecule is O=C(Nc1ccc(C2CCN(c3ccccc3)CC2)cc1)C1CN(c2cccnn2)C1. The van der Waals surface area contributed by atoms with Crippen molar-refractivity contribution in [1.29, 1.82) is 0 Å². The summed E-state index contributed by atoms with van der Waals surface area (Å²) in [6, 6.07) is 22.8. The molecule has 6 heteroatoms. The van der Waals surface area contributed by atoms with Crippen LogP contribution in [0.3, 0.4) is 0 Å². The van der Waals surface area contributed by atoms with E-state index in [1.807, 2.05) is 24.3 Å². The fraction of sp³-hybridized carbons (Fsp3) is 0.320. The summed E-state index contributed by atoms with van der Waals surface area (Å²) < 4.78 is 0. The van der Waals surface area contributed by atoms with Crippen molar-refractivity contribution in [3.05, 3.63) is 78.5 Å². The smallest absolute Gasteiger partial charge is 0.231 e. The molecule has 0 radical (unpaired) electrons. The number of piperidine rings is 1. The molecule has 0 spiro atoms. The second-order valence-electron chi connectivity index (χ2n) is 8.39. The molecule has 3 heterocycles. The Morgan fingerprint density at radius 2 is 1.61 bits per heavy atom. The lowest BCUT2D eigenvalue weighted by Crippen LogP contribution is -2.52. The first kappa shape index (κ1) is 19.5. The number of carbonyl (C=O) groups excluding carboxylic acids is 1. The molecule has 1 N–H and O–H groups in total. The van der Waals surface area contributed by atoms with Crippen LogP contribution in [0.25, 0.3) is 0 Å². The number of benzene rings is 2. The van der Waals surface area contributed by atoms with Gasteiger partial charge in [0.2, 0.25) is 5.91 Å². The Labute approximate surface area is 182 Å². The van der Waals surface area contributed by atoms with Crippen molar-refractivity contribution >= 4 is 23.1 Å². The second kappa shape index (κ2) is 8.76. The van der Waals surface area contributed by atoms with Crippen molar-refractivity contribution in [2.75, 3.05) is 41.3 Å². The molecule has 158 valence electrons. The highest BCUT2D eigenvalue weighted by atomic mass is 16.2. The highest BCUT2D eigenvalue weighted by Gasteiger charge is 2.33. The minimum Gasteiger partial charge on any atom is -0.371 e. The van der Waals surface area contributed by atoms with E-state index in [1.54, 1.807) is 6.20 Å². The molecule has 2 aliphatic rings. The zero-order valence-electron chi connectivity index (χ0n) is 17.5. The fourth-order valence-corrected chi connectivity index (χ4v) is 4.49. The van der Waals surface area contributed by atoms with Gasteiger partial charge in [0.05, 0.1) is 5.92 Å². The minimum atomic E-state index is -0.0102. The molecule has 6 nitrogen and oxygen atoms in total. The van der Waals surface area contributed by atoms with Crippen molar-refractivity contribution in [1.82, 2.24) is 10.2 Å². The van der Waals surface area contributed by atoms with Crippen molar-refractivity contribution in [3.63, 3.8) is 0 Å². The Bertz CT molecular complexity index is 995. The number of amides is 1. The number of anilines is 3. The predicted molar refractivity (Wildman–Crippen MR) is 123 cm³/mol. The molecule has 5 rings (SSSR count). The van der Waals surface area contributed by atoms with Gasteiger partial charge in [-0.1, -0.05) is 30.3 Å². The quantitative estimate of drug-likeness (QED) is 0.687. The van der Waals surface area contributed by atoms with Gasteiger partial charge in [-0.2, -0.15) is 5.10 Å². The van der Waals surface area contributed by atoms with Gasteiger partial charge in [-0.3, -0.25) is 4.79 Å². The van der Waals surface area contributed by atoms with Crippen LogP contribution in [0.1, 0.15) is 24.3 Å². The minimum absolute atomic E-state index is 0.0102. The van der Waals surface area contributed by atoms with Gasteiger partial charge in [0.25, 0.3) is 0 Å². The molecule has 31 heavy (non-hydrogen) atoms. The normalized spacial score (nSPS) is 17.3. The third kappa shape index (κ3) is 4.38. The van der Waals surface area contributed by atoms with Crippen LogP contribution >= 0.6 is 0 Å². The fourth-order valence-electron chi connectivity index (χ4n) is 4.49. The molecule has 1 amide bonds. The lowest BCUT2D eigenvalue weighted by molar-refractivity contribution is -0.120. The average molecular weight is 414 g/mol. The number of rotatable bonds is 5. The molecule has 0 saturated carbocycles. The molecule has 2 aliphatic heterocycles. The van der Waals surface area contributed by atoms with Crippen LogP contribution in [0.2, 0.25) is 0 Å². The highest BCUT2D eigenvalue weighted by molar-refractivity contribution is 5.94. The third-order valence-corrected chi connectivity index (χ3v) is 6.40. The van der Waals surface area contributed by atoms with E-state index in [-0.39, 0.29) is 11.8 Å². The molecule has 0 atom stereocenters. The van der Waals surface area contributed by atoms with E-state index in [0.717, 1.165) is 37.4 Å². The van der Waals surface area contributed by atoms with Crippen LogP contribution in [-0.2, 0) is 4.79 Å². The van der Waals surface area contributed by atoms with Crippen molar-refractivity contribution in [2.45, 2.75) is 18.8 Å². The van der Waals surface area contributed by atoms with Crippen molar-refractivity contribution < 1.29 is 4.79 Å². The largest absolute Gasteiger partial charge is 0.371 e. The third-order valence-electron chi connectivity index (χ3n) is 6.40. The van der Waals surface area contributed by atoms with E-state index < -0.39 is 0 Å². The van der Waals surface area contributed by atoms with Gasteiger partial charge in [0, 0.05) is 43.8 Å². The monoisotopic (exact) mass is 413 g/mol. The van der Waals surface area contributed by atoms with Crippen LogP contribution in [0, 0.1) is 5.92 Å². The maximum atomic E-state index is 12.5. The van der Waals surface area contributed by atoms with Crippen LogP contribution in [0.5, 0.6) is 0 Å². The lowest BCUT2D eigenvalue weighted by Gasteiger charge is -2.38. The summed E-state index contributed by atoms with van der Waals surface area (Å²) in [5.74, 6) is 1.47. The second-order valence-corrected chi connectivity index (χ2v) is 8.39. The van der Waals surface area contributed by atoms with Gasteiger partial charge >= 0.3 is 0 Å². The summed E-state index contributed by atoms with van der Waals surface area (Å²) in [4.78, 5) is 17.1. The topological polar surface area (TPSA) is 61.4 Å². The number of hydrogen-bond acceptors (Lipinski definition) is 5. The van der Waals surface area contributed by atoms with E-state index in [9.17, 15) is 4.79 Å². The number of para-hydroxylation sites is 1. The Morgan fingerprint density at radius 1 is 0.871 bits per heavy atom. The average Bonchev–Trinajstić information content (AvgIpc) is 2.80. The number of carbonyl (C=O) groups is 1. The van der Waals surface area contributed by atoms with Gasteiger partial charge in [-0.25, -0.2) is 0 Å². The summed E-state index contributed by atoms with van der Waals surface area (Å²) in [5, 5.41) is 11.1. The number of nitrogens with zero attached hydrogens (tertiary/aromatic N) is 4. The first-order valence-corrected chi connectivity index (χ1v) is 11.0. The highest BCUT2D eigenvalue weighted by Crippen LogP contribution is 2.31. The van der Waals surface area contributed by atoms with Gasteiger partial charge in [-0.15, -0.1) is 5.10 Å². The first-order valence-electron chi connectivity index (χ1n) is 11.0. The zero-order chi connectivity index (χ0) is 21.0. The number of aromatic nitrogens is 2. The van der Waals surface area contributed by atoms with Gasteiger partial charge < -0.3 is 15.1 Å². The Balaban J connectivity index is 1.11. The summed E-state index contributed by atoms with van der Waals surface area (Å²) >= 11 is 0. The molecule has 0 aliphatic carbocycles. The predicted octanol–water partition coefficient (Wildman–Crippen LogP) is 3.94. The lowest BCUT2D eigenvalue weighted by atomic mass is 9.89.